The van der Waals surface area contributed by atoms with Crippen LogP contribution in [0.25, 0.3) is 22.5 Å². The summed E-state index contributed by atoms with van der Waals surface area (Å²) in [5.74, 6) is -5.17. The molecule has 6 nitrogen and oxygen atoms in total. The molecule has 0 radical (unpaired) electrons. The highest BCUT2D eigenvalue weighted by atomic mass is 35.5. The van der Waals surface area contributed by atoms with Crippen LogP contribution < -0.4 is 5.32 Å². The molecule has 0 unspecified atom stereocenters. The Bertz CT molecular complexity index is 1250. The van der Waals surface area contributed by atoms with Crippen LogP contribution in [0, 0.1) is 17.5 Å². The molecule has 0 bridgehead atoms. The highest BCUT2D eigenvalue weighted by Crippen LogP contribution is 2.37. The van der Waals surface area contributed by atoms with Gasteiger partial charge in [-0.3, -0.25) is 10.1 Å². The molecule has 156 valence electrons. The van der Waals surface area contributed by atoms with Crippen molar-refractivity contribution >= 4 is 23.4 Å². The van der Waals surface area contributed by atoms with E-state index in [0.717, 1.165) is 12.1 Å². The second-order valence-corrected chi connectivity index (χ2v) is 6.83. The molecule has 31 heavy (non-hydrogen) atoms. The number of carbonyl (C=O) groups excluding carboxylic acids is 1. The van der Waals surface area contributed by atoms with Crippen LogP contribution in [0.1, 0.15) is 5.56 Å². The van der Waals surface area contributed by atoms with E-state index in [1.807, 2.05) is 0 Å². The van der Waals surface area contributed by atoms with E-state index in [4.69, 9.17) is 16.1 Å². The van der Waals surface area contributed by atoms with Crippen molar-refractivity contribution in [2.75, 3.05) is 5.32 Å². The second kappa shape index (κ2) is 8.57. The molecule has 0 aliphatic heterocycles. The molecule has 0 atom stereocenters. The molecule has 10 heteroatoms. The van der Waals surface area contributed by atoms with Gasteiger partial charge in [0.2, 0.25) is 11.8 Å². The van der Waals surface area contributed by atoms with Crippen molar-refractivity contribution in [2.24, 2.45) is 0 Å². The molecule has 0 fully saturated rings. The lowest BCUT2D eigenvalue weighted by molar-refractivity contribution is -0.115. The predicted octanol–water partition coefficient (Wildman–Crippen LogP) is 5.05. The van der Waals surface area contributed by atoms with E-state index >= 15 is 0 Å². The van der Waals surface area contributed by atoms with Gasteiger partial charge in [-0.25, -0.2) is 23.1 Å². The average molecular weight is 445 g/mol. The molecule has 2 aromatic heterocycles. The summed E-state index contributed by atoms with van der Waals surface area (Å²) in [5, 5.41) is 7.03. The normalized spacial score (nSPS) is 10.8. The molecule has 0 saturated carbocycles. The number of anilines is 1. The summed E-state index contributed by atoms with van der Waals surface area (Å²) in [7, 11) is 0. The van der Waals surface area contributed by atoms with Gasteiger partial charge in [0.05, 0.1) is 17.7 Å². The Balaban J connectivity index is 1.68. The topological polar surface area (TPSA) is 80.9 Å². The number of benzene rings is 2. The Kier molecular flexibility index (Phi) is 5.68. The summed E-state index contributed by atoms with van der Waals surface area (Å²) in [4.78, 5) is 20.5. The zero-order valence-electron chi connectivity index (χ0n) is 15.6. The third-order valence-electron chi connectivity index (χ3n) is 4.37. The molecule has 0 aliphatic carbocycles. The highest BCUT2D eigenvalue weighted by Gasteiger charge is 2.23. The zero-order valence-corrected chi connectivity index (χ0v) is 16.3. The van der Waals surface area contributed by atoms with Crippen LogP contribution in [-0.4, -0.2) is 21.0 Å². The monoisotopic (exact) mass is 444 g/mol. The summed E-state index contributed by atoms with van der Waals surface area (Å²) in [5.41, 5.74) is 1.50. The lowest BCUT2D eigenvalue weighted by Gasteiger charge is -2.07. The Morgan fingerprint density at radius 2 is 1.81 bits per heavy atom. The Morgan fingerprint density at radius 3 is 2.52 bits per heavy atom. The Labute approximate surface area is 178 Å². The van der Waals surface area contributed by atoms with Crippen molar-refractivity contribution in [2.45, 2.75) is 6.42 Å². The first-order chi connectivity index (χ1) is 14.9. The number of rotatable bonds is 5. The maximum Gasteiger partial charge on any atom is 0.241 e. The molecule has 1 amide bonds. The summed E-state index contributed by atoms with van der Waals surface area (Å²) in [6.07, 6.45) is 2.27. The number of amides is 1. The lowest BCUT2D eigenvalue weighted by Crippen LogP contribution is -2.16. The van der Waals surface area contributed by atoms with E-state index < -0.39 is 29.8 Å². The minimum atomic E-state index is -1.64. The third kappa shape index (κ3) is 4.26. The number of hydrogen-bond acceptors (Lipinski definition) is 5. The van der Waals surface area contributed by atoms with Gasteiger partial charge in [-0.1, -0.05) is 35.0 Å². The van der Waals surface area contributed by atoms with Crippen molar-refractivity contribution in [3.05, 3.63) is 83.0 Å². The van der Waals surface area contributed by atoms with Gasteiger partial charge in [-0.05, 0) is 24.3 Å². The number of nitrogens with zero attached hydrogens (tertiary/aromatic N) is 3. The number of aromatic nitrogens is 3. The molecule has 1 N–H and O–H groups in total. The van der Waals surface area contributed by atoms with Gasteiger partial charge >= 0.3 is 0 Å². The van der Waals surface area contributed by atoms with Crippen LogP contribution in [0.3, 0.4) is 0 Å². The van der Waals surface area contributed by atoms with E-state index in [1.54, 1.807) is 30.3 Å². The first-order valence-electron chi connectivity index (χ1n) is 8.88. The molecule has 4 rings (SSSR count). The number of hydrogen-bond donors (Lipinski definition) is 1. The van der Waals surface area contributed by atoms with Gasteiger partial charge in [-0.15, -0.1) is 0 Å². The zero-order chi connectivity index (χ0) is 22.0. The summed E-state index contributed by atoms with van der Waals surface area (Å²) in [6.45, 7) is 0. The fourth-order valence-electron chi connectivity index (χ4n) is 2.90. The van der Waals surface area contributed by atoms with Crippen molar-refractivity contribution in [1.29, 1.82) is 0 Å². The second-order valence-electron chi connectivity index (χ2n) is 6.40. The molecule has 0 saturated heterocycles. The molecule has 2 heterocycles. The lowest BCUT2D eigenvalue weighted by atomic mass is 10.0. The first-order valence-corrected chi connectivity index (χ1v) is 9.26. The fraction of sp³-hybridized carbons (Fsp3) is 0.0476. The minimum absolute atomic E-state index is 0.0448. The quantitative estimate of drug-likeness (QED) is 0.436. The first kappa shape index (κ1) is 20.5. The largest absolute Gasteiger partial charge is 0.337 e. The molecular weight excluding hydrogens is 433 g/mol. The van der Waals surface area contributed by atoms with E-state index in [9.17, 15) is 18.0 Å². The van der Waals surface area contributed by atoms with E-state index in [0.29, 0.717) is 27.5 Å². The van der Waals surface area contributed by atoms with Crippen LogP contribution in [0.15, 0.2) is 59.5 Å². The smallest absolute Gasteiger partial charge is 0.241 e. The predicted molar refractivity (Wildman–Crippen MR) is 107 cm³/mol. The molecular formula is C21H12ClF3N4O2. The molecule has 4 aromatic rings. The van der Waals surface area contributed by atoms with Gasteiger partial charge in [0.1, 0.15) is 12.0 Å². The minimum Gasteiger partial charge on any atom is -0.337 e. The number of halogens is 4. The van der Waals surface area contributed by atoms with Gasteiger partial charge in [0.15, 0.2) is 17.5 Å². The van der Waals surface area contributed by atoms with Gasteiger partial charge < -0.3 is 4.52 Å². The van der Waals surface area contributed by atoms with Crippen LogP contribution in [0.5, 0.6) is 0 Å². The SMILES string of the molecule is O=C(Cc1ccc(F)c(F)c1F)Nc1onc(-c2ccc(Cl)cc2)c1-c1ccncn1. The van der Waals surface area contributed by atoms with Crippen molar-refractivity contribution < 1.29 is 22.5 Å². The summed E-state index contributed by atoms with van der Waals surface area (Å²) < 4.78 is 45.8. The van der Waals surface area contributed by atoms with Crippen molar-refractivity contribution in [3.63, 3.8) is 0 Å². The fourth-order valence-corrected chi connectivity index (χ4v) is 3.03. The van der Waals surface area contributed by atoms with Crippen LogP contribution in [0.2, 0.25) is 5.02 Å². The van der Waals surface area contributed by atoms with Gasteiger partial charge in [0, 0.05) is 22.3 Å². The Morgan fingerprint density at radius 1 is 1.03 bits per heavy atom. The number of carbonyl (C=O) groups is 1. The van der Waals surface area contributed by atoms with Crippen molar-refractivity contribution in [3.8, 4) is 22.5 Å². The van der Waals surface area contributed by atoms with Crippen LogP contribution in [-0.2, 0) is 11.2 Å². The molecule has 2 aromatic carbocycles. The summed E-state index contributed by atoms with van der Waals surface area (Å²) in [6, 6.07) is 10.1. The van der Waals surface area contributed by atoms with E-state index in [1.165, 1.54) is 12.5 Å². The van der Waals surface area contributed by atoms with Gasteiger partial charge in [0.25, 0.3) is 0 Å². The maximum atomic E-state index is 13.9. The molecule has 0 aliphatic rings. The van der Waals surface area contributed by atoms with Gasteiger partial charge in [-0.2, -0.15) is 0 Å². The van der Waals surface area contributed by atoms with Crippen LogP contribution >= 0.6 is 11.6 Å². The molecule has 0 spiro atoms. The average Bonchev–Trinajstić information content (AvgIpc) is 3.18. The third-order valence-corrected chi connectivity index (χ3v) is 4.62. The highest BCUT2D eigenvalue weighted by molar-refractivity contribution is 6.30. The number of nitrogens with one attached hydrogen (secondary N) is 1. The summed E-state index contributed by atoms with van der Waals surface area (Å²) >= 11 is 5.94. The van der Waals surface area contributed by atoms with Crippen LogP contribution in [0.4, 0.5) is 19.1 Å². The standard InChI is InChI=1S/C21H12ClF3N4O2/c22-13-4-1-11(2-5-13)20-17(15-7-8-26-10-27-15)21(31-29-20)28-16(30)9-12-3-6-14(23)19(25)18(12)24/h1-8,10H,9H2,(H,28,30). The Hall–Kier alpha value is -3.72. The maximum absolute atomic E-state index is 13.9. The van der Waals surface area contributed by atoms with E-state index in [2.05, 4.69) is 20.4 Å². The van der Waals surface area contributed by atoms with Crippen molar-refractivity contribution in [1.82, 2.24) is 15.1 Å². The van der Waals surface area contributed by atoms with E-state index in [-0.39, 0.29) is 11.4 Å².